The molecule has 0 saturated heterocycles. The molecule has 1 aromatic carbocycles. The highest BCUT2D eigenvalue weighted by Gasteiger charge is 2.12. The Labute approximate surface area is 113 Å². The topological polar surface area (TPSA) is 75.4 Å². The number of nitrogens with two attached hydrogens (primary N) is 1. The average molecular weight is 263 g/mol. The van der Waals surface area contributed by atoms with Crippen LogP contribution in [0.2, 0.25) is 0 Å². The van der Waals surface area contributed by atoms with E-state index in [9.17, 15) is 9.59 Å². The van der Waals surface area contributed by atoms with E-state index in [0.29, 0.717) is 25.1 Å². The van der Waals surface area contributed by atoms with E-state index >= 15 is 0 Å². The van der Waals surface area contributed by atoms with Crippen LogP contribution in [0.15, 0.2) is 24.3 Å². The molecule has 0 aliphatic carbocycles. The first-order chi connectivity index (χ1) is 9.08. The second-order valence-corrected chi connectivity index (χ2v) is 4.39. The minimum atomic E-state index is -0.0808. The third-order valence-corrected chi connectivity index (χ3v) is 2.91. The fourth-order valence-electron chi connectivity index (χ4n) is 1.74. The Balaban J connectivity index is 2.65. The van der Waals surface area contributed by atoms with Crippen LogP contribution in [-0.2, 0) is 11.2 Å². The van der Waals surface area contributed by atoms with E-state index in [2.05, 4.69) is 5.32 Å². The Morgan fingerprint density at radius 1 is 1.37 bits per heavy atom. The number of carbonyl (C=O) groups is 2. The molecule has 5 nitrogen and oxygen atoms in total. The molecule has 0 aromatic heterocycles. The highest BCUT2D eigenvalue weighted by molar-refractivity contribution is 5.94. The molecule has 0 spiro atoms. The molecule has 0 fully saturated rings. The van der Waals surface area contributed by atoms with Crippen LogP contribution in [0.4, 0.5) is 0 Å². The van der Waals surface area contributed by atoms with Crippen molar-refractivity contribution in [3.8, 4) is 0 Å². The van der Waals surface area contributed by atoms with E-state index in [1.165, 1.54) is 0 Å². The highest BCUT2D eigenvalue weighted by Crippen LogP contribution is 2.08. The number of amides is 2. The van der Waals surface area contributed by atoms with Crippen molar-refractivity contribution >= 4 is 11.8 Å². The molecule has 2 amide bonds. The van der Waals surface area contributed by atoms with Gasteiger partial charge in [-0.2, -0.15) is 0 Å². The first-order valence-corrected chi connectivity index (χ1v) is 6.33. The Hall–Kier alpha value is -1.88. The lowest BCUT2D eigenvalue weighted by molar-refractivity contribution is -0.120. The monoisotopic (exact) mass is 263 g/mol. The summed E-state index contributed by atoms with van der Waals surface area (Å²) in [5.41, 5.74) is 7.18. The molecule has 104 valence electrons. The predicted molar refractivity (Wildman–Crippen MR) is 74.8 cm³/mol. The molecule has 3 N–H and O–H groups in total. The highest BCUT2D eigenvalue weighted by atomic mass is 16.2. The van der Waals surface area contributed by atoms with Crippen molar-refractivity contribution in [3.05, 3.63) is 35.4 Å². The van der Waals surface area contributed by atoms with Gasteiger partial charge in [0, 0.05) is 32.6 Å². The van der Waals surface area contributed by atoms with Crippen LogP contribution in [0.1, 0.15) is 22.3 Å². The lowest BCUT2D eigenvalue weighted by atomic mass is 10.1. The minimum Gasteiger partial charge on any atom is -0.359 e. The summed E-state index contributed by atoms with van der Waals surface area (Å²) >= 11 is 0. The zero-order valence-electron chi connectivity index (χ0n) is 11.5. The van der Waals surface area contributed by atoms with E-state index < -0.39 is 0 Å². The summed E-state index contributed by atoms with van der Waals surface area (Å²) in [7, 11) is 3.28. The molecule has 0 heterocycles. The van der Waals surface area contributed by atoms with Crippen molar-refractivity contribution in [2.24, 2.45) is 5.73 Å². The molecule has 1 aromatic rings. The standard InChI is InChI=1S/C14H21N3O2/c1-16-13(18)7-9-17(2)14(19)12-5-3-4-11(10-12)6-8-15/h3-5,10H,6-9,15H2,1-2H3,(H,16,18). The van der Waals surface area contributed by atoms with Gasteiger partial charge < -0.3 is 16.0 Å². The lowest BCUT2D eigenvalue weighted by Gasteiger charge is -2.17. The molecule has 5 heteroatoms. The van der Waals surface area contributed by atoms with E-state index in [-0.39, 0.29) is 11.8 Å². The molecule has 0 unspecified atom stereocenters. The number of benzene rings is 1. The summed E-state index contributed by atoms with van der Waals surface area (Å²) in [6.07, 6.45) is 1.06. The summed E-state index contributed by atoms with van der Waals surface area (Å²) in [6.45, 7) is 0.962. The zero-order chi connectivity index (χ0) is 14.3. The van der Waals surface area contributed by atoms with Crippen molar-refractivity contribution in [2.45, 2.75) is 12.8 Å². The Morgan fingerprint density at radius 2 is 2.11 bits per heavy atom. The number of hydrogen-bond donors (Lipinski definition) is 2. The van der Waals surface area contributed by atoms with Gasteiger partial charge in [-0.05, 0) is 30.7 Å². The van der Waals surface area contributed by atoms with Gasteiger partial charge in [0.1, 0.15) is 0 Å². The maximum Gasteiger partial charge on any atom is 0.253 e. The normalized spacial score (nSPS) is 10.1. The fourth-order valence-corrected chi connectivity index (χ4v) is 1.74. The van der Waals surface area contributed by atoms with E-state index in [0.717, 1.165) is 12.0 Å². The van der Waals surface area contributed by atoms with Gasteiger partial charge in [0.15, 0.2) is 0 Å². The van der Waals surface area contributed by atoms with Gasteiger partial charge in [-0.3, -0.25) is 9.59 Å². The van der Waals surface area contributed by atoms with Crippen molar-refractivity contribution in [2.75, 3.05) is 27.2 Å². The first kappa shape index (κ1) is 15.2. The quantitative estimate of drug-likeness (QED) is 0.780. The first-order valence-electron chi connectivity index (χ1n) is 6.33. The van der Waals surface area contributed by atoms with E-state index in [4.69, 9.17) is 5.73 Å². The third kappa shape index (κ3) is 4.71. The van der Waals surface area contributed by atoms with Crippen LogP contribution in [-0.4, -0.2) is 43.9 Å². The third-order valence-electron chi connectivity index (χ3n) is 2.91. The molecule has 0 bridgehead atoms. The van der Waals surface area contributed by atoms with Gasteiger partial charge in [0.2, 0.25) is 5.91 Å². The van der Waals surface area contributed by atoms with Crippen molar-refractivity contribution in [1.29, 1.82) is 0 Å². The fraction of sp³-hybridized carbons (Fsp3) is 0.429. The Kier molecular flexibility index (Phi) is 6.02. The molecular formula is C14H21N3O2. The van der Waals surface area contributed by atoms with Crippen molar-refractivity contribution in [1.82, 2.24) is 10.2 Å². The van der Waals surface area contributed by atoms with E-state index in [1.807, 2.05) is 18.2 Å². The molecule has 19 heavy (non-hydrogen) atoms. The molecule has 0 radical (unpaired) electrons. The molecule has 0 atom stereocenters. The summed E-state index contributed by atoms with van der Waals surface area (Å²) in [4.78, 5) is 24.9. The van der Waals surface area contributed by atoms with Crippen molar-refractivity contribution < 1.29 is 9.59 Å². The maximum atomic E-state index is 12.2. The number of hydrogen-bond acceptors (Lipinski definition) is 3. The molecular weight excluding hydrogens is 242 g/mol. The predicted octanol–water partition coefficient (Wildman–Crippen LogP) is 0.396. The van der Waals surface area contributed by atoms with Crippen molar-refractivity contribution in [3.63, 3.8) is 0 Å². The number of rotatable bonds is 6. The van der Waals surface area contributed by atoms with Crippen LogP contribution in [0.5, 0.6) is 0 Å². The summed E-state index contributed by atoms with van der Waals surface area (Å²) in [5.74, 6) is -0.153. The summed E-state index contributed by atoms with van der Waals surface area (Å²) < 4.78 is 0. The van der Waals surface area contributed by atoms with Crippen LogP contribution in [0.25, 0.3) is 0 Å². The lowest BCUT2D eigenvalue weighted by Crippen LogP contribution is -2.31. The van der Waals surface area contributed by atoms with Crippen LogP contribution >= 0.6 is 0 Å². The van der Waals surface area contributed by atoms with Gasteiger partial charge in [-0.15, -0.1) is 0 Å². The van der Waals surface area contributed by atoms with Gasteiger partial charge >= 0.3 is 0 Å². The van der Waals surface area contributed by atoms with Gasteiger partial charge in [0.05, 0.1) is 0 Å². The average Bonchev–Trinajstić information content (AvgIpc) is 2.44. The zero-order valence-corrected chi connectivity index (χ0v) is 11.5. The smallest absolute Gasteiger partial charge is 0.253 e. The van der Waals surface area contributed by atoms with Crippen LogP contribution in [0.3, 0.4) is 0 Å². The SMILES string of the molecule is CNC(=O)CCN(C)C(=O)c1cccc(CCN)c1. The minimum absolute atomic E-state index is 0.0727. The number of nitrogens with one attached hydrogen (secondary N) is 1. The Bertz CT molecular complexity index is 446. The second kappa shape index (κ2) is 7.53. The van der Waals surface area contributed by atoms with Gasteiger partial charge in [0.25, 0.3) is 5.91 Å². The van der Waals surface area contributed by atoms with Crippen LogP contribution < -0.4 is 11.1 Å². The van der Waals surface area contributed by atoms with Crippen LogP contribution in [0, 0.1) is 0 Å². The van der Waals surface area contributed by atoms with E-state index in [1.54, 1.807) is 25.1 Å². The maximum absolute atomic E-state index is 12.2. The summed E-state index contributed by atoms with van der Waals surface area (Å²) in [6, 6.07) is 7.43. The second-order valence-electron chi connectivity index (χ2n) is 4.39. The molecule has 1 rings (SSSR count). The molecule has 0 saturated carbocycles. The molecule has 0 aliphatic rings. The Morgan fingerprint density at radius 3 is 2.74 bits per heavy atom. The van der Waals surface area contributed by atoms with Gasteiger partial charge in [-0.1, -0.05) is 12.1 Å². The summed E-state index contributed by atoms with van der Waals surface area (Å²) in [5, 5.41) is 2.53. The largest absolute Gasteiger partial charge is 0.359 e. The number of nitrogens with zero attached hydrogens (tertiary/aromatic N) is 1. The number of carbonyl (C=O) groups excluding carboxylic acids is 2. The molecule has 0 aliphatic heterocycles. The van der Waals surface area contributed by atoms with Gasteiger partial charge in [-0.25, -0.2) is 0 Å².